The molecule has 31 heavy (non-hydrogen) atoms. The van der Waals surface area contributed by atoms with Crippen LogP contribution in [0.15, 0.2) is 62.8 Å². The average Bonchev–Trinajstić information content (AvgIpc) is 3.40. The Morgan fingerprint density at radius 1 is 1.16 bits per heavy atom. The Morgan fingerprint density at radius 2 is 1.90 bits per heavy atom. The molecular formula is C21H19BrN6O2S. The van der Waals surface area contributed by atoms with E-state index in [9.17, 15) is 4.79 Å². The first-order valence-electron chi connectivity index (χ1n) is 9.46. The number of nitrogens with zero attached hydrogens (tertiary/aromatic N) is 5. The lowest BCUT2D eigenvalue weighted by Gasteiger charge is -2.09. The highest BCUT2D eigenvalue weighted by Gasteiger charge is 2.21. The average molecular weight is 499 g/mol. The van der Waals surface area contributed by atoms with Gasteiger partial charge in [0.05, 0.1) is 24.2 Å². The highest BCUT2D eigenvalue weighted by Crippen LogP contribution is 2.24. The predicted molar refractivity (Wildman–Crippen MR) is 120 cm³/mol. The van der Waals surface area contributed by atoms with Crippen molar-refractivity contribution in [3.05, 3.63) is 81.7 Å². The van der Waals surface area contributed by atoms with E-state index in [1.165, 1.54) is 11.8 Å². The maximum atomic E-state index is 12.9. The van der Waals surface area contributed by atoms with Gasteiger partial charge in [0, 0.05) is 21.6 Å². The number of aromatic nitrogens is 5. The summed E-state index contributed by atoms with van der Waals surface area (Å²) >= 11 is 4.88. The second-order valence-electron chi connectivity index (χ2n) is 6.76. The lowest BCUT2D eigenvalue weighted by molar-refractivity contribution is 0.0942. The van der Waals surface area contributed by atoms with Gasteiger partial charge in [-0.1, -0.05) is 32.9 Å². The summed E-state index contributed by atoms with van der Waals surface area (Å²) in [6.45, 7) is 4.13. The van der Waals surface area contributed by atoms with Crippen LogP contribution in [-0.4, -0.2) is 30.9 Å². The second-order valence-corrected chi connectivity index (χ2v) is 8.62. The number of halogens is 1. The van der Waals surface area contributed by atoms with E-state index in [0.29, 0.717) is 22.4 Å². The van der Waals surface area contributed by atoms with E-state index in [4.69, 9.17) is 4.42 Å². The number of carbonyl (C=O) groups is 1. The van der Waals surface area contributed by atoms with Crippen LogP contribution in [0.1, 0.15) is 33.3 Å². The van der Waals surface area contributed by atoms with Crippen molar-refractivity contribution in [2.24, 2.45) is 0 Å². The van der Waals surface area contributed by atoms with Gasteiger partial charge in [0.15, 0.2) is 10.9 Å². The first kappa shape index (κ1) is 21.3. The van der Waals surface area contributed by atoms with Crippen molar-refractivity contribution in [1.29, 1.82) is 0 Å². The van der Waals surface area contributed by atoms with Crippen molar-refractivity contribution >= 4 is 33.6 Å². The Hall–Kier alpha value is -2.98. The van der Waals surface area contributed by atoms with Gasteiger partial charge in [0.1, 0.15) is 5.76 Å². The van der Waals surface area contributed by atoms with Crippen molar-refractivity contribution in [2.45, 2.75) is 31.3 Å². The smallest absolute Gasteiger partial charge is 0.274 e. The van der Waals surface area contributed by atoms with Gasteiger partial charge in [-0.25, -0.2) is 14.6 Å². The molecule has 0 spiro atoms. The molecule has 0 saturated carbocycles. The molecular weight excluding hydrogens is 480 g/mol. The van der Waals surface area contributed by atoms with E-state index < -0.39 is 0 Å². The summed E-state index contributed by atoms with van der Waals surface area (Å²) < 4.78 is 7.90. The molecule has 158 valence electrons. The summed E-state index contributed by atoms with van der Waals surface area (Å²) in [4.78, 5) is 21.8. The van der Waals surface area contributed by atoms with Crippen LogP contribution in [-0.2, 0) is 12.3 Å². The fourth-order valence-corrected chi connectivity index (χ4v) is 4.16. The molecule has 0 fully saturated rings. The predicted octanol–water partition coefficient (Wildman–Crippen LogP) is 4.25. The molecule has 8 nitrogen and oxygen atoms in total. The first-order chi connectivity index (χ1) is 15.0. The molecule has 0 aliphatic heterocycles. The summed E-state index contributed by atoms with van der Waals surface area (Å²) in [5.41, 5.74) is 3.51. The monoisotopic (exact) mass is 498 g/mol. The summed E-state index contributed by atoms with van der Waals surface area (Å²) in [5.74, 6) is 0.764. The van der Waals surface area contributed by atoms with E-state index in [-0.39, 0.29) is 18.1 Å². The number of rotatable bonds is 7. The van der Waals surface area contributed by atoms with Crippen LogP contribution in [0, 0.1) is 13.8 Å². The first-order valence-corrected chi connectivity index (χ1v) is 11.2. The third-order valence-corrected chi connectivity index (χ3v) is 5.74. The number of aryl methyl sites for hydroxylation is 2. The van der Waals surface area contributed by atoms with Gasteiger partial charge in [0.25, 0.3) is 5.91 Å². The molecule has 0 aliphatic carbocycles. The Morgan fingerprint density at radius 3 is 2.58 bits per heavy atom. The molecule has 0 atom stereocenters. The third kappa shape index (κ3) is 5.20. The molecule has 0 radical (unpaired) electrons. The third-order valence-electron chi connectivity index (χ3n) is 4.35. The Balaban J connectivity index is 1.62. The summed E-state index contributed by atoms with van der Waals surface area (Å²) in [6.07, 6.45) is 1.57. The lowest BCUT2D eigenvalue weighted by Crippen LogP contribution is -2.24. The van der Waals surface area contributed by atoms with Gasteiger partial charge in [-0.15, -0.1) is 5.10 Å². The van der Waals surface area contributed by atoms with Crippen LogP contribution in [0.5, 0.6) is 0 Å². The van der Waals surface area contributed by atoms with Crippen molar-refractivity contribution in [1.82, 2.24) is 30.3 Å². The fourth-order valence-electron chi connectivity index (χ4n) is 2.95. The van der Waals surface area contributed by atoms with Gasteiger partial charge in [0.2, 0.25) is 0 Å². The minimum Gasteiger partial charge on any atom is -0.467 e. The topological polar surface area (TPSA) is 98.7 Å². The van der Waals surface area contributed by atoms with E-state index in [1.807, 2.05) is 44.2 Å². The van der Waals surface area contributed by atoms with Crippen LogP contribution in [0.25, 0.3) is 5.69 Å². The second kappa shape index (κ2) is 9.44. The quantitative estimate of drug-likeness (QED) is 0.300. The molecule has 0 saturated heterocycles. The molecule has 0 aliphatic rings. The minimum atomic E-state index is -0.322. The molecule has 4 rings (SSSR count). The molecule has 0 bridgehead atoms. The van der Waals surface area contributed by atoms with Gasteiger partial charge in [-0.05, 0) is 56.3 Å². The largest absolute Gasteiger partial charge is 0.467 e. The van der Waals surface area contributed by atoms with Crippen LogP contribution in [0.2, 0.25) is 0 Å². The zero-order chi connectivity index (χ0) is 21.8. The van der Waals surface area contributed by atoms with Crippen LogP contribution in [0.4, 0.5) is 0 Å². The maximum absolute atomic E-state index is 12.9. The number of furan rings is 1. The van der Waals surface area contributed by atoms with Crippen LogP contribution < -0.4 is 5.32 Å². The molecule has 10 heteroatoms. The van der Waals surface area contributed by atoms with Gasteiger partial charge >= 0.3 is 0 Å². The Bertz CT molecular complexity index is 1170. The van der Waals surface area contributed by atoms with Crippen LogP contribution >= 0.6 is 27.7 Å². The number of carbonyl (C=O) groups excluding carboxylic acids is 1. The molecule has 3 aromatic heterocycles. The number of hydrogen-bond donors (Lipinski definition) is 1. The lowest BCUT2D eigenvalue weighted by atomic mass is 10.3. The Labute approximate surface area is 191 Å². The van der Waals surface area contributed by atoms with Gasteiger partial charge < -0.3 is 9.73 Å². The maximum Gasteiger partial charge on any atom is 0.274 e. The standard InChI is InChI=1S/C21H19BrN6O2S/c1-13-10-14(2)25-21(24-13)31-12-18-19(20(29)23-11-17-4-3-9-30-17)26-27-28(18)16-7-5-15(22)6-8-16/h3-10H,11-12H2,1-2H3,(H,23,29). The van der Waals surface area contributed by atoms with Gasteiger partial charge in [-0.2, -0.15) is 0 Å². The number of amides is 1. The van der Waals surface area contributed by atoms with Gasteiger partial charge in [-0.3, -0.25) is 4.79 Å². The molecule has 3 heterocycles. The van der Waals surface area contributed by atoms with Crippen molar-refractivity contribution in [2.75, 3.05) is 0 Å². The molecule has 1 N–H and O–H groups in total. The van der Waals surface area contributed by atoms with Crippen molar-refractivity contribution in [3.63, 3.8) is 0 Å². The highest BCUT2D eigenvalue weighted by molar-refractivity contribution is 9.10. The van der Waals surface area contributed by atoms with E-state index in [0.717, 1.165) is 21.5 Å². The SMILES string of the molecule is Cc1cc(C)nc(SCc2c(C(=O)NCc3ccco3)nnn2-c2ccc(Br)cc2)n1. The van der Waals surface area contributed by atoms with E-state index in [2.05, 4.69) is 41.5 Å². The number of benzene rings is 1. The Kier molecular flexibility index (Phi) is 6.47. The number of nitrogens with one attached hydrogen (secondary N) is 1. The molecule has 1 amide bonds. The number of hydrogen-bond acceptors (Lipinski definition) is 7. The van der Waals surface area contributed by atoms with E-state index in [1.54, 1.807) is 23.1 Å². The summed E-state index contributed by atoms with van der Waals surface area (Å²) in [6, 6.07) is 13.1. The van der Waals surface area contributed by atoms with Crippen LogP contribution in [0.3, 0.4) is 0 Å². The van der Waals surface area contributed by atoms with Crippen molar-refractivity contribution < 1.29 is 9.21 Å². The zero-order valence-electron chi connectivity index (χ0n) is 16.9. The highest BCUT2D eigenvalue weighted by atomic mass is 79.9. The molecule has 1 aromatic carbocycles. The minimum absolute atomic E-state index is 0.256. The van der Waals surface area contributed by atoms with E-state index >= 15 is 0 Å². The van der Waals surface area contributed by atoms with Crippen molar-refractivity contribution in [3.8, 4) is 5.69 Å². The molecule has 0 unspecified atom stereocenters. The number of thioether (sulfide) groups is 1. The summed E-state index contributed by atoms with van der Waals surface area (Å²) in [5, 5.41) is 11.9. The normalized spacial score (nSPS) is 10.9. The fraction of sp³-hybridized carbons (Fsp3) is 0.190. The molecule has 4 aromatic rings. The zero-order valence-corrected chi connectivity index (χ0v) is 19.3. The summed E-state index contributed by atoms with van der Waals surface area (Å²) in [7, 11) is 0.